The first-order chi connectivity index (χ1) is 9.34. The molecule has 0 bridgehead atoms. The molecule has 0 saturated carbocycles. The number of amidine groups is 1. The third-order valence-electron chi connectivity index (χ3n) is 2.88. The van der Waals surface area contributed by atoms with Gasteiger partial charge in [0.1, 0.15) is 11.5 Å². The zero-order valence-corrected chi connectivity index (χ0v) is 10.2. The Morgan fingerprint density at radius 3 is 2.79 bits per heavy atom. The summed E-state index contributed by atoms with van der Waals surface area (Å²) in [6, 6.07) is 9.95. The second-order valence-corrected chi connectivity index (χ2v) is 4.17. The van der Waals surface area contributed by atoms with Gasteiger partial charge in [0, 0.05) is 6.20 Å². The van der Waals surface area contributed by atoms with Crippen molar-refractivity contribution in [2.45, 2.75) is 0 Å². The van der Waals surface area contributed by atoms with Crippen LogP contribution >= 0.6 is 0 Å². The maximum Gasteiger partial charge on any atom is 0.295 e. The van der Waals surface area contributed by atoms with E-state index in [9.17, 15) is 4.79 Å². The van der Waals surface area contributed by atoms with Crippen molar-refractivity contribution in [1.82, 2.24) is 4.90 Å². The third-order valence-corrected chi connectivity index (χ3v) is 2.88. The number of carbonyl (C=O) groups excluding carboxylic acids is 1. The van der Waals surface area contributed by atoms with E-state index >= 15 is 0 Å². The fraction of sp³-hybridized carbons (Fsp3) is 0. The molecule has 0 spiro atoms. The number of fused-ring (bicyclic) bond motifs is 1. The van der Waals surface area contributed by atoms with Gasteiger partial charge in [-0.3, -0.25) is 9.69 Å². The van der Waals surface area contributed by atoms with Crippen molar-refractivity contribution in [2.75, 3.05) is 0 Å². The smallest absolute Gasteiger partial charge is 0.295 e. The maximum atomic E-state index is 11.8. The van der Waals surface area contributed by atoms with Gasteiger partial charge in [0.05, 0.1) is 0 Å². The Morgan fingerprint density at radius 1 is 1.11 bits per heavy atom. The summed E-state index contributed by atoms with van der Waals surface area (Å²) in [6.07, 6.45) is 13.0. The number of hydrogen-bond acceptors (Lipinski definition) is 2. The normalized spacial score (nSPS) is 19.4. The van der Waals surface area contributed by atoms with Crippen molar-refractivity contribution < 1.29 is 4.79 Å². The zero-order chi connectivity index (χ0) is 13.1. The Labute approximate surface area is 111 Å². The number of rotatable bonds is 2. The molecule has 1 amide bonds. The quantitative estimate of drug-likeness (QED) is 0.754. The summed E-state index contributed by atoms with van der Waals surface area (Å²) in [5.74, 6) is 0.468. The molecule has 3 nitrogen and oxygen atoms in total. The summed E-state index contributed by atoms with van der Waals surface area (Å²) in [4.78, 5) is 17.6. The van der Waals surface area contributed by atoms with Crippen LogP contribution in [-0.2, 0) is 4.79 Å². The van der Waals surface area contributed by atoms with Crippen LogP contribution in [0, 0.1) is 0 Å². The number of amides is 1. The Kier molecular flexibility index (Phi) is 2.94. The van der Waals surface area contributed by atoms with E-state index in [0.717, 1.165) is 5.56 Å². The average molecular weight is 248 g/mol. The predicted octanol–water partition coefficient (Wildman–Crippen LogP) is 2.91. The lowest BCUT2D eigenvalue weighted by atomic mass is 10.2. The minimum atomic E-state index is -0.205. The molecule has 0 atom stereocenters. The second kappa shape index (κ2) is 4.90. The molecule has 1 aromatic carbocycles. The lowest BCUT2D eigenvalue weighted by Gasteiger charge is -2.15. The van der Waals surface area contributed by atoms with Crippen molar-refractivity contribution >= 4 is 17.8 Å². The van der Waals surface area contributed by atoms with Gasteiger partial charge < -0.3 is 0 Å². The van der Waals surface area contributed by atoms with Crippen LogP contribution in [-0.4, -0.2) is 16.6 Å². The van der Waals surface area contributed by atoms with Gasteiger partial charge in [0.15, 0.2) is 0 Å². The van der Waals surface area contributed by atoms with Crippen molar-refractivity contribution in [3.63, 3.8) is 0 Å². The SMILES string of the molecule is O=C1N=C2C=CC=CN2C1=CC=Cc1ccccc1. The summed E-state index contributed by atoms with van der Waals surface area (Å²) in [6.45, 7) is 0. The van der Waals surface area contributed by atoms with E-state index in [2.05, 4.69) is 4.99 Å². The Morgan fingerprint density at radius 2 is 1.95 bits per heavy atom. The van der Waals surface area contributed by atoms with E-state index in [1.165, 1.54) is 0 Å². The minimum Gasteiger partial charge on any atom is -0.297 e. The lowest BCUT2D eigenvalue weighted by Crippen LogP contribution is -2.20. The number of carbonyl (C=O) groups is 1. The highest BCUT2D eigenvalue weighted by Crippen LogP contribution is 2.20. The molecule has 19 heavy (non-hydrogen) atoms. The van der Waals surface area contributed by atoms with Crippen molar-refractivity contribution in [3.8, 4) is 0 Å². The number of benzene rings is 1. The molecule has 0 radical (unpaired) electrons. The predicted molar refractivity (Wildman–Crippen MR) is 76.1 cm³/mol. The summed E-state index contributed by atoms with van der Waals surface area (Å²) >= 11 is 0. The van der Waals surface area contributed by atoms with Gasteiger partial charge in [0.25, 0.3) is 5.91 Å². The highest BCUT2D eigenvalue weighted by molar-refractivity contribution is 6.15. The lowest BCUT2D eigenvalue weighted by molar-refractivity contribution is -0.114. The van der Waals surface area contributed by atoms with Crippen molar-refractivity contribution in [3.05, 3.63) is 78.2 Å². The molecule has 0 unspecified atom stereocenters. The summed E-state index contributed by atoms with van der Waals surface area (Å²) in [5.41, 5.74) is 1.67. The third kappa shape index (κ3) is 2.31. The largest absolute Gasteiger partial charge is 0.297 e. The molecule has 2 aliphatic rings. The average Bonchev–Trinajstić information content (AvgIpc) is 2.76. The molecule has 0 N–H and O–H groups in total. The van der Waals surface area contributed by atoms with Gasteiger partial charge in [-0.15, -0.1) is 0 Å². The molecule has 0 fully saturated rings. The van der Waals surface area contributed by atoms with Gasteiger partial charge in [0.2, 0.25) is 0 Å². The van der Waals surface area contributed by atoms with Crippen LogP contribution in [0.4, 0.5) is 0 Å². The molecule has 92 valence electrons. The number of nitrogens with zero attached hydrogens (tertiary/aromatic N) is 2. The number of hydrogen-bond donors (Lipinski definition) is 0. The molecule has 0 saturated heterocycles. The van der Waals surface area contributed by atoms with Gasteiger partial charge in [-0.25, -0.2) is 0 Å². The van der Waals surface area contributed by atoms with E-state index in [1.54, 1.807) is 11.0 Å². The molecule has 2 aliphatic heterocycles. The van der Waals surface area contributed by atoms with E-state index < -0.39 is 0 Å². The van der Waals surface area contributed by atoms with Crippen molar-refractivity contribution in [2.24, 2.45) is 4.99 Å². The Hall–Kier alpha value is -2.68. The van der Waals surface area contributed by atoms with Gasteiger partial charge in [-0.2, -0.15) is 4.99 Å². The first kappa shape index (κ1) is 11.4. The molecule has 3 rings (SSSR count). The molecule has 2 heterocycles. The first-order valence-electron chi connectivity index (χ1n) is 6.05. The van der Waals surface area contributed by atoms with E-state index in [4.69, 9.17) is 0 Å². The van der Waals surface area contributed by atoms with Crippen LogP contribution in [0.15, 0.2) is 77.6 Å². The standard InChI is InChI=1S/C16H12N2O/c19-16-14(18-12-5-4-11-15(18)17-16)10-6-9-13-7-2-1-3-8-13/h1-12H. The fourth-order valence-electron chi connectivity index (χ4n) is 1.96. The highest BCUT2D eigenvalue weighted by Gasteiger charge is 2.26. The summed E-state index contributed by atoms with van der Waals surface area (Å²) < 4.78 is 0. The molecule has 3 heteroatoms. The maximum absolute atomic E-state index is 11.8. The van der Waals surface area contributed by atoms with Crippen LogP contribution in [0.5, 0.6) is 0 Å². The monoisotopic (exact) mass is 248 g/mol. The summed E-state index contributed by atoms with van der Waals surface area (Å²) in [5, 5.41) is 0. The molecule has 0 aromatic heterocycles. The minimum absolute atomic E-state index is 0.205. The van der Waals surface area contributed by atoms with Gasteiger partial charge in [-0.1, -0.05) is 48.6 Å². The van der Waals surface area contributed by atoms with Crippen LogP contribution in [0.1, 0.15) is 5.56 Å². The number of aliphatic imine (C=N–C) groups is 1. The highest BCUT2D eigenvalue weighted by atomic mass is 16.2. The van der Waals surface area contributed by atoms with Gasteiger partial charge in [-0.05, 0) is 23.8 Å². The number of allylic oxidation sites excluding steroid dienone is 4. The molecule has 0 aliphatic carbocycles. The molecule has 1 aromatic rings. The fourth-order valence-corrected chi connectivity index (χ4v) is 1.96. The Balaban J connectivity index is 1.82. The van der Waals surface area contributed by atoms with E-state index in [1.807, 2.05) is 66.9 Å². The second-order valence-electron chi connectivity index (χ2n) is 4.17. The molecular weight excluding hydrogens is 236 g/mol. The van der Waals surface area contributed by atoms with Gasteiger partial charge >= 0.3 is 0 Å². The van der Waals surface area contributed by atoms with Crippen LogP contribution in [0.2, 0.25) is 0 Å². The zero-order valence-electron chi connectivity index (χ0n) is 10.2. The topological polar surface area (TPSA) is 32.7 Å². The first-order valence-corrected chi connectivity index (χ1v) is 6.05. The van der Waals surface area contributed by atoms with Crippen LogP contribution < -0.4 is 0 Å². The van der Waals surface area contributed by atoms with E-state index in [-0.39, 0.29) is 5.91 Å². The Bertz CT molecular complexity index is 649. The van der Waals surface area contributed by atoms with Crippen LogP contribution in [0.25, 0.3) is 6.08 Å². The van der Waals surface area contributed by atoms with Crippen molar-refractivity contribution in [1.29, 1.82) is 0 Å². The van der Waals surface area contributed by atoms with Crippen LogP contribution in [0.3, 0.4) is 0 Å². The summed E-state index contributed by atoms with van der Waals surface area (Å²) in [7, 11) is 0. The molecular formula is C16H12N2O. The van der Waals surface area contributed by atoms with E-state index in [0.29, 0.717) is 11.5 Å².